The largest absolute Gasteiger partial charge is 0.466 e. The van der Waals surface area contributed by atoms with Gasteiger partial charge in [-0.05, 0) is 32.9 Å². The predicted molar refractivity (Wildman–Crippen MR) is 70.3 cm³/mol. The van der Waals surface area contributed by atoms with Crippen molar-refractivity contribution in [2.45, 2.75) is 27.2 Å². The van der Waals surface area contributed by atoms with Crippen molar-refractivity contribution < 1.29 is 9.53 Å². The van der Waals surface area contributed by atoms with Crippen LogP contribution < -0.4 is 4.90 Å². The number of nitrogens with zero attached hydrogens (tertiary/aromatic N) is 1. The summed E-state index contributed by atoms with van der Waals surface area (Å²) in [7, 11) is 0. The van der Waals surface area contributed by atoms with Gasteiger partial charge in [-0.2, -0.15) is 0 Å². The van der Waals surface area contributed by atoms with E-state index in [-0.39, 0.29) is 5.97 Å². The Hall–Kier alpha value is -1.51. The molecule has 0 unspecified atom stereocenters. The standard InChI is InChI=1S/C14H21NO2/c1-4-15(11-10-14(16)17-5-2)13-8-6-12(3)7-9-13/h6-9H,4-5,10-11H2,1-3H3. The van der Waals surface area contributed by atoms with Crippen LogP contribution in [0, 0.1) is 6.92 Å². The summed E-state index contributed by atoms with van der Waals surface area (Å²) in [5, 5.41) is 0. The van der Waals surface area contributed by atoms with Crippen LogP contribution in [0.1, 0.15) is 25.8 Å². The maximum atomic E-state index is 11.3. The highest BCUT2D eigenvalue weighted by atomic mass is 16.5. The van der Waals surface area contributed by atoms with E-state index in [4.69, 9.17) is 4.74 Å². The third kappa shape index (κ3) is 4.47. The van der Waals surface area contributed by atoms with Gasteiger partial charge in [-0.3, -0.25) is 4.79 Å². The third-order valence-electron chi connectivity index (χ3n) is 2.67. The molecule has 0 aliphatic heterocycles. The second-order valence-electron chi connectivity index (χ2n) is 3.97. The summed E-state index contributed by atoms with van der Waals surface area (Å²) in [5.74, 6) is -0.127. The number of benzene rings is 1. The van der Waals surface area contributed by atoms with Crippen LogP contribution in [0.3, 0.4) is 0 Å². The Morgan fingerprint density at radius 1 is 1.24 bits per heavy atom. The van der Waals surface area contributed by atoms with Crippen molar-refractivity contribution >= 4 is 11.7 Å². The van der Waals surface area contributed by atoms with E-state index >= 15 is 0 Å². The molecule has 1 aromatic rings. The van der Waals surface area contributed by atoms with Gasteiger partial charge in [-0.25, -0.2) is 0 Å². The molecule has 0 heterocycles. The number of aryl methyl sites for hydroxylation is 1. The third-order valence-corrected chi connectivity index (χ3v) is 2.67. The lowest BCUT2D eigenvalue weighted by atomic mass is 10.2. The Morgan fingerprint density at radius 2 is 1.88 bits per heavy atom. The second-order valence-corrected chi connectivity index (χ2v) is 3.97. The molecule has 0 fully saturated rings. The fourth-order valence-electron chi connectivity index (χ4n) is 1.68. The van der Waals surface area contributed by atoms with Crippen LogP contribution in [0.25, 0.3) is 0 Å². The molecule has 0 aliphatic carbocycles. The van der Waals surface area contributed by atoms with E-state index in [1.165, 1.54) is 5.56 Å². The summed E-state index contributed by atoms with van der Waals surface area (Å²) in [6, 6.07) is 8.35. The van der Waals surface area contributed by atoms with Gasteiger partial charge in [0.1, 0.15) is 0 Å². The highest BCUT2D eigenvalue weighted by Crippen LogP contribution is 2.15. The van der Waals surface area contributed by atoms with Gasteiger partial charge >= 0.3 is 5.97 Å². The Balaban J connectivity index is 2.54. The van der Waals surface area contributed by atoms with E-state index in [1.807, 2.05) is 6.92 Å². The fourth-order valence-corrected chi connectivity index (χ4v) is 1.68. The number of rotatable bonds is 6. The molecule has 0 saturated carbocycles. The first-order valence-electron chi connectivity index (χ1n) is 6.14. The minimum atomic E-state index is -0.127. The van der Waals surface area contributed by atoms with Crippen molar-refractivity contribution in [1.29, 1.82) is 0 Å². The molecular formula is C14H21NO2. The lowest BCUT2D eigenvalue weighted by molar-refractivity contribution is -0.142. The molecule has 1 aromatic carbocycles. The van der Waals surface area contributed by atoms with Gasteiger partial charge in [-0.15, -0.1) is 0 Å². The zero-order valence-corrected chi connectivity index (χ0v) is 10.9. The van der Waals surface area contributed by atoms with Crippen molar-refractivity contribution in [2.75, 3.05) is 24.6 Å². The SMILES string of the molecule is CCOC(=O)CCN(CC)c1ccc(C)cc1. The molecule has 0 spiro atoms. The molecule has 0 atom stereocenters. The van der Waals surface area contributed by atoms with Crippen LogP contribution in [0.5, 0.6) is 0 Å². The second kappa shape index (κ2) is 6.94. The number of hydrogen-bond acceptors (Lipinski definition) is 3. The Bertz CT molecular complexity index is 346. The molecule has 3 nitrogen and oxygen atoms in total. The molecule has 1 rings (SSSR count). The summed E-state index contributed by atoms with van der Waals surface area (Å²) >= 11 is 0. The average Bonchev–Trinajstić information content (AvgIpc) is 2.32. The highest BCUT2D eigenvalue weighted by molar-refractivity contribution is 5.70. The molecule has 17 heavy (non-hydrogen) atoms. The summed E-state index contributed by atoms with van der Waals surface area (Å²) in [6.07, 6.45) is 0.440. The van der Waals surface area contributed by atoms with Gasteiger partial charge in [0, 0.05) is 18.8 Å². The van der Waals surface area contributed by atoms with Crippen LogP contribution in [0.2, 0.25) is 0 Å². The van der Waals surface area contributed by atoms with Gasteiger partial charge in [0.25, 0.3) is 0 Å². The number of ether oxygens (including phenoxy) is 1. The van der Waals surface area contributed by atoms with Crippen molar-refractivity contribution in [3.05, 3.63) is 29.8 Å². The molecule has 94 valence electrons. The quantitative estimate of drug-likeness (QED) is 0.710. The number of anilines is 1. The maximum absolute atomic E-state index is 11.3. The van der Waals surface area contributed by atoms with E-state index in [1.54, 1.807) is 0 Å². The Labute approximate surface area is 103 Å². The predicted octanol–water partition coefficient (Wildman–Crippen LogP) is 2.77. The number of hydrogen-bond donors (Lipinski definition) is 0. The van der Waals surface area contributed by atoms with Gasteiger partial charge in [0.2, 0.25) is 0 Å². The Morgan fingerprint density at radius 3 is 2.41 bits per heavy atom. The van der Waals surface area contributed by atoms with E-state index in [0.717, 1.165) is 12.2 Å². The molecular weight excluding hydrogens is 214 g/mol. The monoisotopic (exact) mass is 235 g/mol. The summed E-state index contributed by atoms with van der Waals surface area (Å²) in [5.41, 5.74) is 2.40. The molecule has 0 radical (unpaired) electrons. The van der Waals surface area contributed by atoms with Crippen LogP contribution in [-0.4, -0.2) is 25.7 Å². The molecule has 0 saturated heterocycles. The van der Waals surface area contributed by atoms with Crippen LogP contribution in [-0.2, 0) is 9.53 Å². The molecule has 3 heteroatoms. The van der Waals surface area contributed by atoms with Gasteiger partial charge in [-0.1, -0.05) is 17.7 Å². The lowest BCUT2D eigenvalue weighted by Crippen LogP contribution is -2.26. The summed E-state index contributed by atoms with van der Waals surface area (Å²) in [6.45, 7) is 8.04. The topological polar surface area (TPSA) is 29.5 Å². The number of carbonyl (C=O) groups is 1. The van der Waals surface area contributed by atoms with Gasteiger partial charge < -0.3 is 9.64 Å². The Kier molecular flexibility index (Phi) is 5.53. The first-order valence-corrected chi connectivity index (χ1v) is 6.14. The minimum Gasteiger partial charge on any atom is -0.466 e. The molecule has 0 bridgehead atoms. The van der Waals surface area contributed by atoms with E-state index in [9.17, 15) is 4.79 Å². The summed E-state index contributed by atoms with van der Waals surface area (Å²) in [4.78, 5) is 13.5. The summed E-state index contributed by atoms with van der Waals surface area (Å²) < 4.78 is 4.93. The number of esters is 1. The van der Waals surface area contributed by atoms with Crippen molar-refractivity contribution in [1.82, 2.24) is 0 Å². The van der Waals surface area contributed by atoms with Crippen LogP contribution >= 0.6 is 0 Å². The molecule has 0 aromatic heterocycles. The first-order chi connectivity index (χ1) is 8.17. The van der Waals surface area contributed by atoms with E-state index < -0.39 is 0 Å². The molecule has 0 aliphatic rings. The van der Waals surface area contributed by atoms with Crippen LogP contribution in [0.4, 0.5) is 5.69 Å². The van der Waals surface area contributed by atoms with Crippen molar-refractivity contribution in [3.63, 3.8) is 0 Å². The first kappa shape index (κ1) is 13.6. The van der Waals surface area contributed by atoms with Gasteiger partial charge in [0.05, 0.1) is 13.0 Å². The minimum absolute atomic E-state index is 0.127. The van der Waals surface area contributed by atoms with Crippen molar-refractivity contribution in [3.8, 4) is 0 Å². The normalized spacial score (nSPS) is 10.1. The zero-order chi connectivity index (χ0) is 12.7. The number of carbonyl (C=O) groups excluding carboxylic acids is 1. The van der Waals surface area contributed by atoms with Gasteiger partial charge in [0.15, 0.2) is 0 Å². The molecule has 0 amide bonds. The van der Waals surface area contributed by atoms with E-state index in [2.05, 4.69) is 43.0 Å². The van der Waals surface area contributed by atoms with E-state index in [0.29, 0.717) is 19.6 Å². The maximum Gasteiger partial charge on any atom is 0.307 e. The van der Waals surface area contributed by atoms with Crippen LogP contribution in [0.15, 0.2) is 24.3 Å². The van der Waals surface area contributed by atoms with Crippen molar-refractivity contribution in [2.24, 2.45) is 0 Å². The average molecular weight is 235 g/mol. The smallest absolute Gasteiger partial charge is 0.307 e. The lowest BCUT2D eigenvalue weighted by Gasteiger charge is -2.22. The zero-order valence-electron chi connectivity index (χ0n) is 10.9. The fraction of sp³-hybridized carbons (Fsp3) is 0.500. The highest BCUT2D eigenvalue weighted by Gasteiger charge is 2.07. The molecule has 0 N–H and O–H groups in total.